The largest absolute Gasteiger partial charge is 0.352 e. The molecule has 5 nitrogen and oxygen atoms in total. The molecule has 0 fully saturated rings. The minimum absolute atomic E-state index is 0.0816. The normalized spacial score (nSPS) is 12.8. The third kappa shape index (κ3) is 3.63. The number of para-hydroxylation sites is 1. The second kappa shape index (κ2) is 7.72. The molecule has 144 valence electrons. The van der Waals surface area contributed by atoms with E-state index in [1.54, 1.807) is 11.8 Å². The number of hydrogen-bond donors (Lipinski definition) is 1. The molecule has 3 heterocycles. The van der Waals surface area contributed by atoms with Gasteiger partial charge in [-0.05, 0) is 12.1 Å². The van der Waals surface area contributed by atoms with E-state index >= 15 is 0 Å². The van der Waals surface area contributed by atoms with Crippen LogP contribution < -0.4 is 5.32 Å². The summed E-state index contributed by atoms with van der Waals surface area (Å²) in [7, 11) is 0. The Bertz CT molecular complexity index is 1160. The van der Waals surface area contributed by atoms with Crippen LogP contribution in [-0.4, -0.2) is 32.7 Å². The molecule has 0 spiro atoms. The Morgan fingerprint density at radius 2 is 1.90 bits per heavy atom. The summed E-state index contributed by atoms with van der Waals surface area (Å²) in [6.07, 6.45) is 2.82. The topological polar surface area (TPSA) is 59.8 Å². The summed E-state index contributed by atoms with van der Waals surface area (Å²) in [5.74, 6) is 1.01. The van der Waals surface area contributed by atoms with E-state index in [9.17, 15) is 4.79 Å². The first-order chi connectivity index (χ1) is 14.3. The Balaban J connectivity index is 1.38. The van der Waals surface area contributed by atoms with Gasteiger partial charge in [0.05, 0.1) is 22.5 Å². The monoisotopic (exact) mass is 400 g/mol. The maximum absolute atomic E-state index is 13.0. The van der Waals surface area contributed by atoms with Gasteiger partial charge in [0.25, 0.3) is 5.91 Å². The Labute approximate surface area is 173 Å². The molecule has 1 aliphatic heterocycles. The highest BCUT2D eigenvalue weighted by atomic mass is 32.2. The van der Waals surface area contributed by atoms with Gasteiger partial charge in [-0.2, -0.15) is 0 Å². The van der Waals surface area contributed by atoms with Gasteiger partial charge >= 0.3 is 0 Å². The first-order valence-corrected chi connectivity index (χ1v) is 10.7. The SMILES string of the molecule is O=C(NCCc1cn2c(n1)SCC2)c1cc(-c2ccccc2)nc2ccccc12. The van der Waals surface area contributed by atoms with Crippen molar-refractivity contribution in [3.8, 4) is 11.3 Å². The highest BCUT2D eigenvalue weighted by Crippen LogP contribution is 2.26. The number of hydrogen-bond acceptors (Lipinski definition) is 4. The molecule has 1 N–H and O–H groups in total. The third-order valence-corrected chi connectivity index (χ3v) is 6.02. The minimum atomic E-state index is -0.0816. The number of carbonyl (C=O) groups excluding carboxylic acids is 1. The number of benzene rings is 2. The number of amides is 1. The lowest BCUT2D eigenvalue weighted by Crippen LogP contribution is -2.26. The van der Waals surface area contributed by atoms with Crippen LogP contribution in [0, 0.1) is 0 Å². The summed E-state index contributed by atoms with van der Waals surface area (Å²) in [6, 6.07) is 19.6. The van der Waals surface area contributed by atoms with Crippen LogP contribution in [0.5, 0.6) is 0 Å². The number of aryl methyl sites for hydroxylation is 1. The number of nitrogens with zero attached hydrogens (tertiary/aromatic N) is 3. The number of nitrogens with one attached hydrogen (secondary N) is 1. The third-order valence-electron chi connectivity index (χ3n) is 5.05. The van der Waals surface area contributed by atoms with Gasteiger partial charge in [-0.1, -0.05) is 60.3 Å². The van der Waals surface area contributed by atoms with Crippen LogP contribution in [0.4, 0.5) is 0 Å². The van der Waals surface area contributed by atoms with E-state index in [1.807, 2.05) is 60.7 Å². The number of thioether (sulfide) groups is 1. The molecule has 1 amide bonds. The van der Waals surface area contributed by atoms with Crippen LogP contribution in [0.2, 0.25) is 0 Å². The average Bonchev–Trinajstić information content (AvgIpc) is 3.35. The standard InChI is InChI=1S/C23H20N4OS/c28-22(24-11-10-17-15-27-12-13-29-23(27)25-17)19-14-21(16-6-2-1-3-7-16)26-20-9-5-4-8-18(19)20/h1-9,14-15H,10-13H2,(H,24,28). The van der Waals surface area contributed by atoms with E-state index in [1.165, 1.54) is 0 Å². The summed E-state index contributed by atoms with van der Waals surface area (Å²) in [6.45, 7) is 1.57. The van der Waals surface area contributed by atoms with E-state index in [2.05, 4.69) is 21.1 Å². The molecular weight excluding hydrogens is 380 g/mol. The van der Waals surface area contributed by atoms with Crippen molar-refractivity contribution in [2.45, 2.75) is 18.1 Å². The molecule has 0 bridgehead atoms. The van der Waals surface area contributed by atoms with E-state index < -0.39 is 0 Å². The minimum Gasteiger partial charge on any atom is -0.352 e. The number of carbonyl (C=O) groups is 1. The summed E-state index contributed by atoms with van der Waals surface area (Å²) in [5.41, 5.74) is 4.30. The van der Waals surface area contributed by atoms with Crippen LogP contribution in [0.25, 0.3) is 22.2 Å². The molecule has 2 aromatic carbocycles. The lowest BCUT2D eigenvalue weighted by Gasteiger charge is -2.10. The van der Waals surface area contributed by atoms with Gasteiger partial charge < -0.3 is 9.88 Å². The molecular formula is C23H20N4OS. The molecule has 0 unspecified atom stereocenters. The van der Waals surface area contributed by atoms with Crippen molar-refractivity contribution in [2.75, 3.05) is 12.3 Å². The van der Waals surface area contributed by atoms with E-state index in [-0.39, 0.29) is 5.91 Å². The highest BCUT2D eigenvalue weighted by molar-refractivity contribution is 7.99. The van der Waals surface area contributed by atoms with Crippen molar-refractivity contribution in [1.82, 2.24) is 19.9 Å². The summed E-state index contributed by atoms with van der Waals surface area (Å²) in [5, 5.41) is 5.01. The molecule has 0 saturated carbocycles. The van der Waals surface area contributed by atoms with Crippen molar-refractivity contribution < 1.29 is 4.79 Å². The van der Waals surface area contributed by atoms with Gasteiger partial charge in [0.15, 0.2) is 5.16 Å². The van der Waals surface area contributed by atoms with Crippen LogP contribution in [0.3, 0.4) is 0 Å². The summed E-state index contributed by atoms with van der Waals surface area (Å²) < 4.78 is 2.18. The lowest BCUT2D eigenvalue weighted by atomic mass is 10.0. The van der Waals surface area contributed by atoms with Crippen LogP contribution in [-0.2, 0) is 13.0 Å². The zero-order chi connectivity index (χ0) is 19.6. The van der Waals surface area contributed by atoms with Gasteiger partial charge in [0.2, 0.25) is 0 Å². The second-order valence-corrected chi connectivity index (χ2v) is 8.06. The zero-order valence-electron chi connectivity index (χ0n) is 15.8. The fourth-order valence-corrected chi connectivity index (χ4v) is 4.56. The lowest BCUT2D eigenvalue weighted by molar-refractivity contribution is 0.0955. The smallest absolute Gasteiger partial charge is 0.252 e. The highest BCUT2D eigenvalue weighted by Gasteiger charge is 2.16. The van der Waals surface area contributed by atoms with Gasteiger partial charge in [0.1, 0.15) is 0 Å². The predicted octanol–water partition coefficient (Wildman–Crippen LogP) is 4.18. The predicted molar refractivity (Wildman–Crippen MR) is 116 cm³/mol. The number of pyridine rings is 1. The molecule has 6 heteroatoms. The molecule has 2 aromatic heterocycles. The van der Waals surface area contributed by atoms with Gasteiger partial charge in [0, 0.05) is 42.4 Å². The first-order valence-electron chi connectivity index (χ1n) is 9.70. The first kappa shape index (κ1) is 17.9. The maximum Gasteiger partial charge on any atom is 0.252 e. The average molecular weight is 401 g/mol. The summed E-state index contributed by atoms with van der Waals surface area (Å²) in [4.78, 5) is 22.4. The molecule has 29 heavy (non-hydrogen) atoms. The number of imidazole rings is 1. The fraction of sp³-hybridized carbons (Fsp3) is 0.174. The van der Waals surface area contributed by atoms with Crippen LogP contribution in [0.15, 0.2) is 72.0 Å². The Morgan fingerprint density at radius 3 is 2.76 bits per heavy atom. The molecule has 0 radical (unpaired) electrons. The zero-order valence-corrected chi connectivity index (χ0v) is 16.7. The van der Waals surface area contributed by atoms with Gasteiger partial charge in [-0.25, -0.2) is 9.97 Å². The summed E-state index contributed by atoms with van der Waals surface area (Å²) >= 11 is 1.78. The molecule has 4 aromatic rings. The molecule has 5 rings (SSSR count). The van der Waals surface area contributed by atoms with E-state index in [4.69, 9.17) is 4.98 Å². The van der Waals surface area contributed by atoms with Crippen molar-refractivity contribution in [3.63, 3.8) is 0 Å². The van der Waals surface area contributed by atoms with Crippen LogP contribution >= 0.6 is 11.8 Å². The Kier molecular flexibility index (Phi) is 4.77. The molecule has 0 aliphatic carbocycles. The Morgan fingerprint density at radius 1 is 1.07 bits per heavy atom. The number of rotatable bonds is 5. The van der Waals surface area contributed by atoms with Gasteiger partial charge in [-0.3, -0.25) is 4.79 Å². The molecule has 0 atom stereocenters. The Hall–Kier alpha value is -3.12. The molecule has 0 saturated heterocycles. The maximum atomic E-state index is 13.0. The van der Waals surface area contributed by atoms with E-state index in [0.29, 0.717) is 12.1 Å². The quantitative estimate of drug-likeness (QED) is 0.546. The van der Waals surface area contributed by atoms with Gasteiger partial charge in [-0.15, -0.1) is 0 Å². The fourth-order valence-electron chi connectivity index (χ4n) is 3.60. The van der Waals surface area contributed by atoms with E-state index in [0.717, 1.165) is 51.7 Å². The van der Waals surface area contributed by atoms with Crippen LogP contribution in [0.1, 0.15) is 16.1 Å². The number of fused-ring (bicyclic) bond motifs is 2. The van der Waals surface area contributed by atoms with Crippen molar-refractivity contribution >= 4 is 28.6 Å². The van der Waals surface area contributed by atoms with Crippen molar-refractivity contribution in [1.29, 1.82) is 0 Å². The number of aromatic nitrogens is 3. The molecule has 1 aliphatic rings. The van der Waals surface area contributed by atoms with Crippen molar-refractivity contribution in [2.24, 2.45) is 0 Å². The van der Waals surface area contributed by atoms with Crippen molar-refractivity contribution in [3.05, 3.63) is 78.1 Å². The second-order valence-electron chi connectivity index (χ2n) is 7.00.